The Labute approximate surface area is 139 Å². The number of rotatable bonds is 4. The lowest BCUT2D eigenvalue weighted by molar-refractivity contribution is 0.219. The predicted octanol–water partition coefficient (Wildman–Crippen LogP) is 2.97. The van der Waals surface area contributed by atoms with Crippen LogP contribution in [0.4, 0.5) is 10.5 Å². The maximum absolute atomic E-state index is 12.3. The number of fused-ring (bicyclic) bond motifs is 1. The molecule has 0 saturated heterocycles. The van der Waals surface area contributed by atoms with E-state index in [1.807, 2.05) is 31.5 Å². The summed E-state index contributed by atoms with van der Waals surface area (Å²) in [6, 6.07) is 3.65. The number of carbonyl (C=O) groups is 1. The third kappa shape index (κ3) is 3.22. The van der Waals surface area contributed by atoms with Gasteiger partial charge in [0.05, 0.1) is 24.6 Å². The summed E-state index contributed by atoms with van der Waals surface area (Å²) >= 11 is 0. The van der Waals surface area contributed by atoms with E-state index in [4.69, 9.17) is 4.52 Å². The summed E-state index contributed by atoms with van der Waals surface area (Å²) in [5.41, 5.74) is 2.13. The van der Waals surface area contributed by atoms with Crippen molar-refractivity contribution in [2.75, 3.05) is 12.4 Å². The van der Waals surface area contributed by atoms with Crippen molar-refractivity contribution in [3.63, 3.8) is 0 Å². The molecule has 2 amide bonds. The Hall–Kier alpha value is -2.90. The Morgan fingerprint density at radius 1 is 1.38 bits per heavy atom. The molecule has 0 fully saturated rings. The van der Waals surface area contributed by atoms with Crippen LogP contribution >= 0.6 is 0 Å². The van der Waals surface area contributed by atoms with Crippen molar-refractivity contribution in [2.45, 2.75) is 33.4 Å². The summed E-state index contributed by atoms with van der Waals surface area (Å²) < 4.78 is 6.85. The van der Waals surface area contributed by atoms with Crippen LogP contribution in [-0.2, 0) is 6.54 Å². The molecule has 3 rings (SSSR count). The van der Waals surface area contributed by atoms with E-state index in [0.29, 0.717) is 17.9 Å². The number of pyridine rings is 1. The molecule has 8 nitrogen and oxygen atoms in total. The molecule has 0 aliphatic carbocycles. The summed E-state index contributed by atoms with van der Waals surface area (Å²) in [6.07, 6.45) is 3.38. The first-order valence-corrected chi connectivity index (χ1v) is 7.71. The fourth-order valence-corrected chi connectivity index (χ4v) is 2.41. The van der Waals surface area contributed by atoms with Gasteiger partial charge in [-0.3, -0.25) is 0 Å². The van der Waals surface area contributed by atoms with Crippen LogP contribution in [0.2, 0.25) is 0 Å². The quantitative estimate of drug-likeness (QED) is 0.795. The van der Waals surface area contributed by atoms with Crippen LogP contribution in [0.25, 0.3) is 11.0 Å². The molecule has 1 N–H and O–H groups in total. The molecule has 0 bridgehead atoms. The normalized spacial score (nSPS) is 11.2. The van der Waals surface area contributed by atoms with Crippen LogP contribution in [0.5, 0.6) is 0 Å². The highest BCUT2D eigenvalue weighted by Gasteiger charge is 2.13. The number of hydrogen-bond donors (Lipinski definition) is 1. The maximum Gasteiger partial charge on any atom is 0.321 e. The lowest BCUT2D eigenvalue weighted by Gasteiger charge is -2.16. The lowest BCUT2D eigenvalue weighted by atomic mass is 10.3. The number of anilines is 1. The second-order valence-corrected chi connectivity index (χ2v) is 6.03. The molecule has 8 heteroatoms. The second kappa shape index (κ2) is 6.31. The molecule has 0 aromatic carbocycles. The van der Waals surface area contributed by atoms with Gasteiger partial charge in [0.2, 0.25) is 0 Å². The molecular weight excluding hydrogens is 308 g/mol. The van der Waals surface area contributed by atoms with Crippen molar-refractivity contribution in [1.82, 2.24) is 24.8 Å². The number of amides is 2. The summed E-state index contributed by atoms with van der Waals surface area (Å²) in [7, 11) is 1.70. The predicted molar refractivity (Wildman–Crippen MR) is 89.6 cm³/mol. The number of aryl methyl sites for hydroxylation is 1. The molecule has 24 heavy (non-hydrogen) atoms. The van der Waals surface area contributed by atoms with Crippen molar-refractivity contribution in [1.29, 1.82) is 0 Å². The average molecular weight is 328 g/mol. The summed E-state index contributed by atoms with van der Waals surface area (Å²) in [5, 5.41) is 11.9. The highest BCUT2D eigenvalue weighted by atomic mass is 16.5. The standard InChI is InChI=1S/C16H20N6O2/c1-10(2)22-15-12(7-18-22)6-13(8-17-15)19-16(23)21(4)9-14-5-11(3)24-20-14/h5-8,10H,9H2,1-4H3,(H,19,23). The van der Waals surface area contributed by atoms with Crippen molar-refractivity contribution in [3.05, 3.63) is 36.0 Å². The Balaban J connectivity index is 1.70. The first kappa shape index (κ1) is 16.0. The zero-order valence-electron chi connectivity index (χ0n) is 14.1. The third-order valence-electron chi connectivity index (χ3n) is 3.60. The molecule has 3 aromatic rings. The van der Waals surface area contributed by atoms with E-state index >= 15 is 0 Å². The van der Waals surface area contributed by atoms with Gasteiger partial charge < -0.3 is 14.7 Å². The van der Waals surface area contributed by atoms with Crippen LogP contribution in [0, 0.1) is 6.92 Å². The molecule has 0 radical (unpaired) electrons. The molecule has 126 valence electrons. The topological polar surface area (TPSA) is 89.1 Å². The van der Waals surface area contributed by atoms with Crippen LogP contribution in [0.3, 0.4) is 0 Å². The number of hydrogen-bond acceptors (Lipinski definition) is 5. The van der Waals surface area contributed by atoms with Gasteiger partial charge in [-0.25, -0.2) is 14.5 Å². The van der Waals surface area contributed by atoms with E-state index in [0.717, 1.165) is 16.8 Å². The van der Waals surface area contributed by atoms with Gasteiger partial charge in [-0.15, -0.1) is 0 Å². The summed E-state index contributed by atoms with van der Waals surface area (Å²) in [4.78, 5) is 18.2. The number of nitrogens with one attached hydrogen (secondary N) is 1. The van der Waals surface area contributed by atoms with Gasteiger partial charge in [0.15, 0.2) is 5.65 Å². The fraction of sp³-hybridized carbons (Fsp3) is 0.375. The smallest absolute Gasteiger partial charge is 0.321 e. The Morgan fingerprint density at radius 3 is 2.83 bits per heavy atom. The molecule has 3 heterocycles. The van der Waals surface area contributed by atoms with Gasteiger partial charge in [-0.2, -0.15) is 5.10 Å². The second-order valence-electron chi connectivity index (χ2n) is 6.03. The lowest BCUT2D eigenvalue weighted by Crippen LogP contribution is -2.31. The SMILES string of the molecule is Cc1cc(CN(C)C(=O)Nc2cnc3c(cnn3C(C)C)c2)no1. The minimum Gasteiger partial charge on any atom is -0.361 e. The van der Waals surface area contributed by atoms with E-state index in [9.17, 15) is 4.79 Å². The van der Waals surface area contributed by atoms with Gasteiger partial charge in [-0.1, -0.05) is 5.16 Å². The van der Waals surface area contributed by atoms with Crippen LogP contribution < -0.4 is 5.32 Å². The summed E-state index contributed by atoms with van der Waals surface area (Å²) in [5.74, 6) is 0.718. The summed E-state index contributed by atoms with van der Waals surface area (Å²) in [6.45, 7) is 6.27. The number of nitrogens with zero attached hydrogens (tertiary/aromatic N) is 5. The average Bonchev–Trinajstić information content (AvgIpc) is 3.12. The van der Waals surface area contributed by atoms with Gasteiger partial charge in [0.1, 0.15) is 11.5 Å². The van der Waals surface area contributed by atoms with Crippen molar-refractivity contribution in [2.24, 2.45) is 0 Å². The van der Waals surface area contributed by atoms with E-state index in [1.165, 1.54) is 4.90 Å². The number of aromatic nitrogens is 4. The first-order valence-electron chi connectivity index (χ1n) is 7.71. The molecular formula is C16H20N6O2. The Morgan fingerprint density at radius 2 is 2.17 bits per heavy atom. The minimum absolute atomic E-state index is 0.229. The van der Waals surface area contributed by atoms with Gasteiger partial charge in [0.25, 0.3) is 0 Å². The van der Waals surface area contributed by atoms with E-state index in [1.54, 1.807) is 25.5 Å². The zero-order valence-corrected chi connectivity index (χ0v) is 14.1. The molecule has 0 saturated carbocycles. The minimum atomic E-state index is -0.243. The van der Waals surface area contributed by atoms with E-state index in [-0.39, 0.29) is 12.1 Å². The zero-order chi connectivity index (χ0) is 17.3. The van der Waals surface area contributed by atoms with Crippen LogP contribution in [-0.4, -0.2) is 37.9 Å². The van der Waals surface area contributed by atoms with Crippen molar-refractivity contribution >= 4 is 22.8 Å². The molecule has 0 aliphatic heterocycles. The Kier molecular flexibility index (Phi) is 4.20. The van der Waals surface area contributed by atoms with Crippen molar-refractivity contribution < 1.29 is 9.32 Å². The molecule has 0 unspecified atom stereocenters. The van der Waals surface area contributed by atoms with Gasteiger partial charge in [-0.05, 0) is 26.8 Å². The van der Waals surface area contributed by atoms with Crippen molar-refractivity contribution in [3.8, 4) is 0 Å². The monoisotopic (exact) mass is 328 g/mol. The van der Waals surface area contributed by atoms with E-state index in [2.05, 4.69) is 20.6 Å². The molecule has 0 spiro atoms. The van der Waals surface area contributed by atoms with Gasteiger partial charge >= 0.3 is 6.03 Å². The fourth-order valence-electron chi connectivity index (χ4n) is 2.41. The molecule has 0 aliphatic rings. The van der Waals surface area contributed by atoms with E-state index < -0.39 is 0 Å². The number of carbonyl (C=O) groups excluding carboxylic acids is 1. The van der Waals surface area contributed by atoms with Crippen LogP contribution in [0.1, 0.15) is 31.3 Å². The largest absolute Gasteiger partial charge is 0.361 e. The maximum atomic E-state index is 12.3. The molecule has 0 atom stereocenters. The highest BCUT2D eigenvalue weighted by molar-refractivity contribution is 5.91. The Bertz CT molecular complexity index is 866. The highest BCUT2D eigenvalue weighted by Crippen LogP contribution is 2.19. The van der Waals surface area contributed by atoms with Crippen LogP contribution in [0.15, 0.2) is 29.0 Å². The van der Waals surface area contributed by atoms with Gasteiger partial charge in [0, 0.05) is 24.5 Å². The third-order valence-corrected chi connectivity index (χ3v) is 3.60. The molecule has 3 aromatic heterocycles. The number of urea groups is 1. The first-order chi connectivity index (χ1) is 11.4.